The number of ether oxygens (including phenoxy) is 1. The van der Waals surface area contributed by atoms with Crippen molar-refractivity contribution < 1.29 is 13.2 Å². The summed E-state index contributed by atoms with van der Waals surface area (Å²) in [5, 5.41) is 4.76. The van der Waals surface area contributed by atoms with Crippen LogP contribution < -0.4 is 4.74 Å². The second-order valence-electron chi connectivity index (χ2n) is 7.43. The average molecular weight is 461 g/mol. The van der Waals surface area contributed by atoms with E-state index in [1.165, 1.54) is 3.97 Å². The number of hydrogen-bond acceptors (Lipinski definition) is 5. The van der Waals surface area contributed by atoms with Crippen molar-refractivity contribution in [2.24, 2.45) is 0 Å². The van der Waals surface area contributed by atoms with Gasteiger partial charge in [0.15, 0.2) is 5.65 Å². The lowest BCUT2D eigenvalue weighted by atomic mass is 9.98. The maximum Gasteiger partial charge on any atom is 0.269 e. The first-order chi connectivity index (χ1) is 15.5. The van der Waals surface area contributed by atoms with Crippen LogP contribution in [-0.2, 0) is 10.0 Å². The second kappa shape index (κ2) is 7.93. The number of benzene rings is 2. The third-order valence-electron chi connectivity index (χ3n) is 5.46. The number of aryl methyl sites for hydroxylation is 1. The fraction of sp³-hybridized carbons (Fsp3) is 0.0800. The Balaban J connectivity index is 1.85. The molecule has 0 saturated carbocycles. The van der Waals surface area contributed by atoms with Crippen molar-refractivity contribution in [1.82, 2.24) is 8.96 Å². The van der Waals surface area contributed by atoms with Crippen molar-refractivity contribution in [2.75, 3.05) is 7.11 Å². The van der Waals surface area contributed by atoms with Gasteiger partial charge in [-0.3, -0.25) is 0 Å². The summed E-state index contributed by atoms with van der Waals surface area (Å²) in [7, 11) is -2.21. The lowest BCUT2D eigenvalue weighted by molar-refractivity contribution is 0.416. The first-order valence-electron chi connectivity index (χ1n) is 9.99. The van der Waals surface area contributed by atoms with Gasteiger partial charge in [-0.15, -0.1) is 0 Å². The number of rotatable bonds is 5. The van der Waals surface area contributed by atoms with Crippen molar-refractivity contribution in [3.05, 3.63) is 89.4 Å². The summed E-state index contributed by atoms with van der Waals surface area (Å²) in [6.07, 6.45) is 3.32. The van der Waals surface area contributed by atoms with Crippen LogP contribution in [-0.4, -0.2) is 24.5 Å². The molecule has 0 spiro atoms. The smallest absolute Gasteiger partial charge is 0.269 e. The summed E-state index contributed by atoms with van der Waals surface area (Å²) >= 11 is 1.56. The third kappa shape index (κ3) is 3.30. The van der Waals surface area contributed by atoms with E-state index in [4.69, 9.17) is 4.74 Å². The van der Waals surface area contributed by atoms with Gasteiger partial charge in [-0.2, -0.15) is 11.3 Å². The monoisotopic (exact) mass is 460 g/mol. The van der Waals surface area contributed by atoms with Crippen LogP contribution in [0.25, 0.3) is 33.3 Å². The van der Waals surface area contributed by atoms with Gasteiger partial charge in [0.1, 0.15) is 5.75 Å². The van der Waals surface area contributed by atoms with E-state index in [1.807, 2.05) is 54.1 Å². The number of hydrogen-bond donors (Lipinski definition) is 0. The first kappa shape index (κ1) is 20.5. The molecule has 0 aliphatic rings. The Morgan fingerprint density at radius 2 is 1.72 bits per heavy atom. The molecule has 0 aliphatic heterocycles. The Kier molecular flexibility index (Phi) is 5.07. The van der Waals surface area contributed by atoms with Crippen LogP contribution in [0.15, 0.2) is 88.7 Å². The number of methoxy groups -OCH3 is 1. The van der Waals surface area contributed by atoms with E-state index < -0.39 is 10.0 Å². The van der Waals surface area contributed by atoms with Crippen LogP contribution in [0, 0.1) is 6.92 Å². The van der Waals surface area contributed by atoms with E-state index in [-0.39, 0.29) is 4.90 Å². The molecule has 160 valence electrons. The highest BCUT2D eigenvalue weighted by Crippen LogP contribution is 2.41. The van der Waals surface area contributed by atoms with Gasteiger partial charge >= 0.3 is 0 Å². The highest BCUT2D eigenvalue weighted by atomic mass is 32.2. The highest BCUT2D eigenvalue weighted by molar-refractivity contribution is 7.90. The predicted molar refractivity (Wildman–Crippen MR) is 129 cm³/mol. The molecule has 3 heterocycles. The summed E-state index contributed by atoms with van der Waals surface area (Å²) < 4.78 is 34.1. The molecule has 0 fully saturated rings. The molecule has 0 saturated heterocycles. The Morgan fingerprint density at radius 1 is 0.938 bits per heavy atom. The van der Waals surface area contributed by atoms with Gasteiger partial charge in [0, 0.05) is 28.9 Å². The number of thiophene rings is 1. The molecular formula is C25H20N2O3S2. The van der Waals surface area contributed by atoms with Crippen LogP contribution in [0.5, 0.6) is 5.75 Å². The number of nitrogens with zero attached hydrogens (tertiary/aromatic N) is 2. The van der Waals surface area contributed by atoms with Crippen LogP contribution >= 0.6 is 11.3 Å². The Bertz CT molecular complexity index is 1520. The normalized spacial score (nSPS) is 11.7. The van der Waals surface area contributed by atoms with E-state index >= 15 is 0 Å². The molecule has 0 unspecified atom stereocenters. The number of para-hydroxylation sites is 1. The standard InChI is InChI=1S/C25H20N2O3S2/c1-17-7-9-19(10-8-17)32(28,29)27-15-22(18-12-14-31-16-18)24-21(11-13-26-25(24)27)20-5-3-4-6-23(20)30-2/h3-16H,1-2H3. The quantitative estimate of drug-likeness (QED) is 0.323. The van der Waals surface area contributed by atoms with Crippen LogP contribution in [0.3, 0.4) is 0 Å². The predicted octanol–water partition coefficient (Wildman–Crippen LogP) is 5.99. The molecule has 5 rings (SSSR count). The molecule has 0 atom stereocenters. The summed E-state index contributed by atoms with van der Waals surface area (Å²) in [5.74, 6) is 0.713. The summed E-state index contributed by atoms with van der Waals surface area (Å²) in [5.41, 5.74) is 4.89. The molecule has 0 amide bonds. The summed E-state index contributed by atoms with van der Waals surface area (Å²) in [4.78, 5) is 4.73. The fourth-order valence-electron chi connectivity index (χ4n) is 3.86. The molecule has 3 aromatic heterocycles. The third-order valence-corrected chi connectivity index (χ3v) is 7.81. The molecule has 5 nitrogen and oxygen atoms in total. The molecule has 5 aromatic rings. The molecule has 2 aromatic carbocycles. The van der Waals surface area contributed by atoms with Crippen LogP contribution in [0.1, 0.15) is 5.56 Å². The molecule has 7 heteroatoms. The van der Waals surface area contributed by atoms with Crippen LogP contribution in [0.4, 0.5) is 0 Å². The van der Waals surface area contributed by atoms with Crippen molar-refractivity contribution in [2.45, 2.75) is 11.8 Å². The van der Waals surface area contributed by atoms with E-state index in [2.05, 4.69) is 4.98 Å². The number of pyridine rings is 1. The maximum absolute atomic E-state index is 13.6. The first-order valence-corrected chi connectivity index (χ1v) is 12.4. The van der Waals surface area contributed by atoms with E-state index in [9.17, 15) is 8.42 Å². The molecular weight excluding hydrogens is 440 g/mol. The summed E-state index contributed by atoms with van der Waals surface area (Å²) in [6.45, 7) is 1.93. The van der Waals surface area contributed by atoms with Gasteiger partial charge < -0.3 is 4.74 Å². The largest absolute Gasteiger partial charge is 0.496 e. The Hall–Kier alpha value is -3.42. The van der Waals surface area contributed by atoms with Gasteiger partial charge in [0.2, 0.25) is 0 Å². The van der Waals surface area contributed by atoms with E-state index in [0.717, 1.165) is 33.2 Å². The molecule has 0 radical (unpaired) electrons. The van der Waals surface area contributed by atoms with E-state index in [0.29, 0.717) is 11.4 Å². The zero-order valence-electron chi connectivity index (χ0n) is 17.5. The van der Waals surface area contributed by atoms with Gasteiger partial charge in [-0.25, -0.2) is 17.4 Å². The number of aromatic nitrogens is 2. The van der Waals surface area contributed by atoms with Crippen molar-refractivity contribution >= 4 is 32.4 Å². The lowest BCUT2D eigenvalue weighted by Gasteiger charge is -2.11. The minimum atomic E-state index is -3.84. The van der Waals surface area contributed by atoms with Gasteiger partial charge in [0.05, 0.1) is 12.0 Å². The zero-order valence-corrected chi connectivity index (χ0v) is 19.2. The van der Waals surface area contributed by atoms with Crippen LogP contribution in [0.2, 0.25) is 0 Å². The minimum Gasteiger partial charge on any atom is -0.496 e. The Labute approximate surface area is 190 Å². The second-order valence-corrected chi connectivity index (χ2v) is 10.0. The lowest BCUT2D eigenvalue weighted by Crippen LogP contribution is -2.12. The van der Waals surface area contributed by atoms with Gasteiger partial charge in [-0.05, 0) is 59.1 Å². The fourth-order valence-corrected chi connectivity index (χ4v) is 5.83. The maximum atomic E-state index is 13.6. The highest BCUT2D eigenvalue weighted by Gasteiger charge is 2.25. The topological polar surface area (TPSA) is 61.2 Å². The molecule has 0 N–H and O–H groups in total. The van der Waals surface area contributed by atoms with Crippen molar-refractivity contribution in [3.63, 3.8) is 0 Å². The summed E-state index contributed by atoms with van der Waals surface area (Å²) in [6, 6.07) is 18.5. The molecule has 32 heavy (non-hydrogen) atoms. The minimum absolute atomic E-state index is 0.223. The Morgan fingerprint density at radius 3 is 2.44 bits per heavy atom. The molecule has 0 aliphatic carbocycles. The SMILES string of the molecule is COc1ccccc1-c1ccnc2c1c(-c1ccsc1)cn2S(=O)(=O)c1ccc(C)cc1. The van der Waals surface area contributed by atoms with Gasteiger partial charge in [-0.1, -0.05) is 35.9 Å². The van der Waals surface area contributed by atoms with Crippen molar-refractivity contribution in [1.29, 1.82) is 0 Å². The van der Waals surface area contributed by atoms with Gasteiger partial charge in [0.25, 0.3) is 10.0 Å². The van der Waals surface area contributed by atoms with Crippen molar-refractivity contribution in [3.8, 4) is 28.0 Å². The zero-order chi connectivity index (χ0) is 22.3. The average Bonchev–Trinajstić information content (AvgIpc) is 3.47. The molecule has 0 bridgehead atoms. The number of fused-ring (bicyclic) bond motifs is 1. The van der Waals surface area contributed by atoms with E-state index in [1.54, 1.807) is 55.1 Å².